The van der Waals surface area contributed by atoms with E-state index in [9.17, 15) is 5.11 Å². The van der Waals surface area contributed by atoms with Gasteiger partial charge in [0.05, 0.1) is 13.7 Å². The average molecular weight is 280 g/mol. The second-order valence-corrected chi connectivity index (χ2v) is 5.35. The summed E-state index contributed by atoms with van der Waals surface area (Å²) in [6.45, 7) is 4.63. The fourth-order valence-corrected chi connectivity index (χ4v) is 2.46. The quantitative estimate of drug-likeness (QED) is 0.869. The number of methoxy groups -OCH3 is 1. The van der Waals surface area contributed by atoms with E-state index >= 15 is 0 Å². The lowest BCUT2D eigenvalue weighted by atomic mass is 10.0. The fourth-order valence-electron chi connectivity index (χ4n) is 2.46. The Morgan fingerprint density at radius 3 is 2.80 bits per heavy atom. The van der Waals surface area contributed by atoms with Crippen molar-refractivity contribution in [3.05, 3.63) is 29.3 Å². The number of ether oxygens (including phenoxy) is 3. The van der Waals surface area contributed by atoms with E-state index in [4.69, 9.17) is 14.2 Å². The maximum atomic E-state index is 10.3. The number of hydrogen-bond donors (Lipinski definition) is 1. The number of rotatable bonds is 6. The standard InChI is InChI=1S/C16H24O4/c1-12-3-4-16(18-2)14(9-12)15(17)11-20-10-13-5-7-19-8-6-13/h3-4,9,13,15,17H,5-8,10-11H2,1-2H3. The topological polar surface area (TPSA) is 47.9 Å². The minimum atomic E-state index is -0.648. The van der Waals surface area contributed by atoms with Gasteiger partial charge in [0.25, 0.3) is 0 Å². The van der Waals surface area contributed by atoms with Crippen LogP contribution in [0.3, 0.4) is 0 Å². The minimum absolute atomic E-state index is 0.303. The Bertz CT molecular complexity index is 413. The van der Waals surface area contributed by atoms with E-state index in [0.717, 1.165) is 37.2 Å². The van der Waals surface area contributed by atoms with E-state index in [1.165, 1.54) is 0 Å². The second-order valence-electron chi connectivity index (χ2n) is 5.35. The summed E-state index contributed by atoms with van der Waals surface area (Å²) in [5.74, 6) is 1.26. The molecule has 1 saturated heterocycles. The van der Waals surface area contributed by atoms with Crippen LogP contribution in [0.15, 0.2) is 18.2 Å². The van der Waals surface area contributed by atoms with E-state index in [1.54, 1.807) is 7.11 Å². The maximum Gasteiger partial charge on any atom is 0.124 e. The molecule has 0 spiro atoms. The molecule has 1 unspecified atom stereocenters. The highest BCUT2D eigenvalue weighted by Gasteiger charge is 2.17. The van der Waals surface area contributed by atoms with Gasteiger partial charge in [-0.05, 0) is 37.8 Å². The number of aryl methyl sites for hydroxylation is 1. The van der Waals surface area contributed by atoms with Crippen molar-refractivity contribution in [1.29, 1.82) is 0 Å². The first-order valence-corrected chi connectivity index (χ1v) is 7.18. The van der Waals surface area contributed by atoms with Crippen LogP contribution in [0.4, 0.5) is 0 Å². The first kappa shape index (κ1) is 15.3. The van der Waals surface area contributed by atoms with Crippen LogP contribution < -0.4 is 4.74 Å². The summed E-state index contributed by atoms with van der Waals surface area (Å²) >= 11 is 0. The van der Waals surface area contributed by atoms with Gasteiger partial charge >= 0.3 is 0 Å². The van der Waals surface area contributed by atoms with Gasteiger partial charge in [0.15, 0.2) is 0 Å². The second kappa shape index (κ2) is 7.62. The molecule has 1 aliphatic rings. The van der Waals surface area contributed by atoms with Gasteiger partial charge in [-0.3, -0.25) is 0 Å². The molecule has 1 atom stereocenters. The number of benzene rings is 1. The normalized spacial score (nSPS) is 17.9. The third-order valence-corrected chi connectivity index (χ3v) is 3.71. The Balaban J connectivity index is 1.84. The molecule has 20 heavy (non-hydrogen) atoms. The van der Waals surface area contributed by atoms with Crippen molar-refractivity contribution >= 4 is 0 Å². The Kier molecular flexibility index (Phi) is 5.83. The molecule has 0 radical (unpaired) electrons. The molecule has 0 amide bonds. The molecule has 1 aliphatic heterocycles. The summed E-state index contributed by atoms with van der Waals surface area (Å²) in [5.41, 5.74) is 1.89. The summed E-state index contributed by atoms with van der Waals surface area (Å²) in [6.07, 6.45) is 1.44. The van der Waals surface area contributed by atoms with Gasteiger partial charge < -0.3 is 19.3 Å². The van der Waals surface area contributed by atoms with Crippen molar-refractivity contribution in [3.8, 4) is 5.75 Å². The Morgan fingerprint density at radius 2 is 2.10 bits per heavy atom. The SMILES string of the molecule is COc1ccc(C)cc1C(O)COCC1CCOCC1. The van der Waals surface area contributed by atoms with Crippen molar-refractivity contribution in [3.63, 3.8) is 0 Å². The summed E-state index contributed by atoms with van der Waals surface area (Å²) < 4.78 is 16.3. The van der Waals surface area contributed by atoms with Crippen LogP contribution in [0.5, 0.6) is 5.75 Å². The van der Waals surface area contributed by atoms with E-state index < -0.39 is 6.10 Å². The zero-order valence-electron chi connectivity index (χ0n) is 12.3. The molecule has 1 fully saturated rings. The lowest BCUT2D eigenvalue weighted by molar-refractivity contribution is -0.0101. The minimum Gasteiger partial charge on any atom is -0.496 e. The molecule has 0 aliphatic carbocycles. The van der Waals surface area contributed by atoms with Crippen molar-refractivity contribution in [2.24, 2.45) is 5.92 Å². The van der Waals surface area contributed by atoms with Gasteiger partial charge in [0, 0.05) is 25.4 Å². The van der Waals surface area contributed by atoms with Gasteiger partial charge in [-0.2, -0.15) is 0 Å². The molecule has 1 N–H and O–H groups in total. The third-order valence-electron chi connectivity index (χ3n) is 3.71. The van der Waals surface area contributed by atoms with Gasteiger partial charge in [-0.15, -0.1) is 0 Å². The summed E-state index contributed by atoms with van der Waals surface area (Å²) in [5, 5.41) is 10.3. The van der Waals surface area contributed by atoms with E-state index in [2.05, 4.69) is 0 Å². The predicted octanol–water partition coefficient (Wildman–Crippen LogP) is 2.48. The van der Waals surface area contributed by atoms with Crippen LogP contribution >= 0.6 is 0 Å². The summed E-state index contributed by atoms with van der Waals surface area (Å²) in [7, 11) is 1.61. The molecule has 1 aromatic carbocycles. The largest absolute Gasteiger partial charge is 0.496 e. The van der Waals surface area contributed by atoms with Crippen LogP contribution in [0, 0.1) is 12.8 Å². The Hall–Kier alpha value is -1.10. The first-order valence-electron chi connectivity index (χ1n) is 7.18. The Labute approximate surface area is 120 Å². The van der Waals surface area contributed by atoms with Crippen molar-refractivity contribution in [1.82, 2.24) is 0 Å². The van der Waals surface area contributed by atoms with Crippen LogP contribution in [0.25, 0.3) is 0 Å². The molecule has 4 heteroatoms. The van der Waals surface area contributed by atoms with Crippen molar-refractivity contribution in [2.45, 2.75) is 25.9 Å². The smallest absolute Gasteiger partial charge is 0.124 e. The zero-order chi connectivity index (χ0) is 14.4. The third kappa shape index (κ3) is 4.20. The maximum absolute atomic E-state index is 10.3. The molecule has 0 saturated carbocycles. The summed E-state index contributed by atoms with van der Waals surface area (Å²) in [4.78, 5) is 0. The van der Waals surface area contributed by atoms with Crippen LogP contribution in [-0.2, 0) is 9.47 Å². The number of aliphatic hydroxyl groups excluding tert-OH is 1. The van der Waals surface area contributed by atoms with Crippen LogP contribution in [0.1, 0.15) is 30.1 Å². The van der Waals surface area contributed by atoms with E-state index in [0.29, 0.717) is 24.9 Å². The molecule has 2 rings (SSSR count). The highest BCUT2D eigenvalue weighted by Crippen LogP contribution is 2.26. The van der Waals surface area contributed by atoms with E-state index in [-0.39, 0.29) is 0 Å². The first-order chi connectivity index (χ1) is 9.70. The van der Waals surface area contributed by atoms with Gasteiger partial charge in [0.1, 0.15) is 11.9 Å². The highest BCUT2D eigenvalue weighted by atomic mass is 16.5. The predicted molar refractivity (Wildman–Crippen MR) is 77.1 cm³/mol. The highest BCUT2D eigenvalue weighted by molar-refractivity contribution is 5.38. The van der Waals surface area contributed by atoms with Crippen molar-refractivity contribution in [2.75, 3.05) is 33.5 Å². The molecule has 4 nitrogen and oxygen atoms in total. The summed E-state index contributed by atoms with van der Waals surface area (Å²) in [6, 6.07) is 5.80. The molecule has 0 aromatic heterocycles. The van der Waals surface area contributed by atoms with Crippen molar-refractivity contribution < 1.29 is 19.3 Å². The van der Waals surface area contributed by atoms with Gasteiger partial charge in [-0.1, -0.05) is 11.6 Å². The molecule has 112 valence electrons. The average Bonchev–Trinajstić information content (AvgIpc) is 2.48. The van der Waals surface area contributed by atoms with Gasteiger partial charge in [-0.25, -0.2) is 0 Å². The molecular formula is C16H24O4. The molecule has 0 bridgehead atoms. The van der Waals surface area contributed by atoms with Crippen LogP contribution in [-0.4, -0.2) is 38.6 Å². The van der Waals surface area contributed by atoms with Crippen LogP contribution in [0.2, 0.25) is 0 Å². The van der Waals surface area contributed by atoms with E-state index in [1.807, 2.05) is 25.1 Å². The monoisotopic (exact) mass is 280 g/mol. The lowest BCUT2D eigenvalue weighted by Crippen LogP contribution is -2.21. The molecular weight excluding hydrogens is 256 g/mol. The zero-order valence-corrected chi connectivity index (χ0v) is 12.3. The molecule has 1 aromatic rings. The fraction of sp³-hybridized carbons (Fsp3) is 0.625. The Morgan fingerprint density at radius 1 is 1.35 bits per heavy atom. The number of aliphatic hydroxyl groups is 1. The lowest BCUT2D eigenvalue weighted by Gasteiger charge is -2.23. The van der Waals surface area contributed by atoms with Gasteiger partial charge in [0.2, 0.25) is 0 Å². The molecule has 1 heterocycles. The number of hydrogen-bond acceptors (Lipinski definition) is 4.